The lowest BCUT2D eigenvalue weighted by Crippen LogP contribution is -2.53. The van der Waals surface area contributed by atoms with Crippen LogP contribution in [-0.2, 0) is 16.6 Å². The van der Waals surface area contributed by atoms with E-state index in [0.29, 0.717) is 19.0 Å². The van der Waals surface area contributed by atoms with Crippen LogP contribution < -0.4 is 15.4 Å². The Balaban J connectivity index is 2.64. The van der Waals surface area contributed by atoms with Crippen LogP contribution in [0.3, 0.4) is 0 Å². The maximum absolute atomic E-state index is 11.3. The van der Waals surface area contributed by atoms with E-state index in [1.165, 1.54) is 0 Å². The largest absolute Gasteiger partial charge is 0.357 e. The number of benzene rings is 1. The molecule has 1 aromatic rings. The van der Waals surface area contributed by atoms with Gasteiger partial charge in [-0.15, -0.1) is 0 Å². The predicted octanol–water partition coefficient (Wildman–Crippen LogP) is 1.07. The van der Waals surface area contributed by atoms with Gasteiger partial charge in [-0.1, -0.05) is 30.3 Å². The number of hydrogen-bond acceptors (Lipinski definition) is 3. The number of aliphatic imine (C=N–C) groups is 1. The summed E-state index contributed by atoms with van der Waals surface area (Å²) in [5.41, 5.74) is 0.518. The molecule has 7 heteroatoms. The molecule has 22 heavy (non-hydrogen) atoms. The zero-order valence-electron chi connectivity index (χ0n) is 13.7. The molecule has 0 radical (unpaired) electrons. The van der Waals surface area contributed by atoms with Crippen molar-refractivity contribution in [2.75, 3.05) is 19.3 Å². The summed E-state index contributed by atoms with van der Waals surface area (Å²) < 4.78 is 25.3. The van der Waals surface area contributed by atoms with Crippen molar-refractivity contribution in [3.8, 4) is 0 Å². The average molecular weight is 326 g/mol. The summed E-state index contributed by atoms with van der Waals surface area (Å²) in [4.78, 5) is 4.50. The third-order valence-electron chi connectivity index (χ3n) is 2.77. The van der Waals surface area contributed by atoms with Gasteiger partial charge in [0, 0.05) is 18.6 Å². The van der Waals surface area contributed by atoms with Crippen molar-refractivity contribution in [3.05, 3.63) is 35.9 Å². The highest BCUT2D eigenvalue weighted by Gasteiger charge is 2.22. The maximum Gasteiger partial charge on any atom is 0.209 e. The molecule has 0 atom stereocenters. The highest BCUT2D eigenvalue weighted by Crippen LogP contribution is 2.03. The van der Waals surface area contributed by atoms with Gasteiger partial charge >= 0.3 is 0 Å². The molecule has 0 aliphatic carbocycles. The highest BCUT2D eigenvalue weighted by atomic mass is 32.2. The van der Waals surface area contributed by atoms with Crippen molar-refractivity contribution in [2.45, 2.75) is 32.9 Å². The van der Waals surface area contributed by atoms with Crippen molar-refractivity contribution in [3.63, 3.8) is 0 Å². The SMILES string of the molecule is CCNC(=NCc1ccccc1)NCC(C)(C)NS(C)(=O)=O. The molecule has 0 heterocycles. The first-order valence-electron chi connectivity index (χ1n) is 7.27. The molecule has 6 nitrogen and oxygen atoms in total. The van der Waals surface area contributed by atoms with Crippen LogP contribution in [0.2, 0.25) is 0 Å². The van der Waals surface area contributed by atoms with Crippen LogP contribution in [0.15, 0.2) is 35.3 Å². The molecule has 0 unspecified atom stereocenters. The minimum atomic E-state index is -3.25. The lowest BCUT2D eigenvalue weighted by Gasteiger charge is -2.26. The summed E-state index contributed by atoms with van der Waals surface area (Å²) in [6.07, 6.45) is 1.16. The monoisotopic (exact) mass is 326 g/mol. The van der Waals surface area contributed by atoms with Gasteiger partial charge in [-0.2, -0.15) is 0 Å². The average Bonchev–Trinajstić information content (AvgIpc) is 2.40. The van der Waals surface area contributed by atoms with Crippen LogP contribution >= 0.6 is 0 Å². The molecule has 0 saturated carbocycles. The number of nitrogens with one attached hydrogen (secondary N) is 3. The summed E-state index contributed by atoms with van der Waals surface area (Å²) in [5, 5.41) is 6.32. The van der Waals surface area contributed by atoms with E-state index in [1.54, 1.807) is 0 Å². The van der Waals surface area contributed by atoms with Crippen molar-refractivity contribution in [1.29, 1.82) is 0 Å². The molecule has 0 bridgehead atoms. The van der Waals surface area contributed by atoms with E-state index in [1.807, 2.05) is 51.1 Å². The topological polar surface area (TPSA) is 82.6 Å². The van der Waals surface area contributed by atoms with Crippen LogP contribution in [0.1, 0.15) is 26.3 Å². The lowest BCUT2D eigenvalue weighted by atomic mass is 10.1. The van der Waals surface area contributed by atoms with Crippen molar-refractivity contribution in [2.24, 2.45) is 4.99 Å². The Morgan fingerprint density at radius 1 is 1.18 bits per heavy atom. The van der Waals surface area contributed by atoms with E-state index in [2.05, 4.69) is 20.3 Å². The number of guanidine groups is 1. The van der Waals surface area contributed by atoms with Gasteiger partial charge in [-0.05, 0) is 26.3 Å². The zero-order chi connectivity index (χ0) is 16.6. The normalized spacial score (nSPS) is 13.0. The minimum Gasteiger partial charge on any atom is -0.357 e. The van der Waals surface area contributed by atoms with Gasteiger partial charge in [0.15, 0.2) is 5.96 Å². The van der Waals surface area contributed by atoms with Crippen LogP contribution in [-0.4, -0.2) is 39.3 Å². The fourth-order valence-electron chi connectivity index (χ4n) is 1.94. The second kappa shape index (κ2) is 8.14. The second-order valence-corrected chi connectivity index (χ2v) is 7.54. The summed E-state index contributed by atoms with van der Waals surface area (Å²) in [6, 6.07) is 9.95. The first-order chi connectivity index (χ1) is 10.2. The van der Waals surface area contributed by atoms with E-state index in [9.17, 15) is 8.42 Å². The summed E-state index contributed by atoms with van der Waals surface area (Å²) >= 11 is 0. The van der Waals surface area contributed by atoms with E-state index in [0.717, 1.165) is 18.4 Å². The molecule has 0 aliphatic heterocycles. The third kappa shape index (κ3) is 7.99. The van der Waals surface area contributed by atoms with Gasteiger partial charge in [-0.25, -0.2) is 18.1 Å². The maximum atomic E-state index is 11.3. The highest BCUT2D eigenvalue weighted by molar-refractivity contribution is 7.88. The van der Waals surface area contributed by atoms with Gasteiger partial charge in [0.25, 0.3) is 0 Å². The van der Waals surface area contributed by atoms with Crippen LogP contribution in [0, 0.1) is 0 Å². The standard InChI is InChI=1S/C15H26N4O2S/c1-5-16-14(17-11-13-9-7-6-8-10-13)18-12-15(2,3)19-22(4,20)21/h6-10,19H,5,11-12H2,1-4H3,(H2,16,17,18). The fraction of sp³-hybridized carbons (Fsp3) is 0.533. The molecule has 1 rings (SSSR count). The van der Waals surface area contributed by atoms with Gasteiger partial charge in [0.1, 0.15) is 0 Å². The third-order valence-corrected chi connectivity index (χ3v) is 3.69. The Labute approximate surface area is 133 Å². The second-order valence-electron chi connectivity index (χ2n) is 5.79. The Morgan fingerprint density at radius 3 is 2.36 bits per heavy atom. The van der Waals surface area contributed by atoms with Crippen LogP contribution in [0.4, 0.5) is 0 Å². The Hall–Kier alpha value is -1.60. The summed E-state index contributed by atoms with van der Waals surface area (Å²) in [5.74, 6) is 0.662. The van der Waals surface area contributed by atoms with Gasteiger partial charge in [0.05, 0.1) is 12.8 Å². The van der Waals surface area contributed by atoms with Crippen LogP contribution in [0.25, 0.3) is 0 Å². The summed E-state index contributed by atoms with van der Waals surface area (Å²) in [7, 11) is -3.25. The smallest absolute Gasteiger partial charge is 0.209 e. The van der Waals surface area contributed by atoms with Gasteiger partial charge < -0.3 is 10.6 Å². The first-order valence-corrected chi connectivity index (χ1v) is 9.16. The molecule has 0 spiro atoms. The van der Waals surface area contributed by atoms with Crippen LogP contribution in [0.5, 0.6) is 0 Å². The fourth-order valence-corrected chi connectivity index (χ4v) is 3.01. The van der Waals surface area contributed by atoms with E-state index in [-0.39, 0.29) is 0 Å². The van der Waals surface area contributed by atoms with E-state index < -0.39 is 15.6 Å². The van der Waals surface area contributed by atoms with E-state index in [4.69, 9.17) is 0 Å². The number of rotatable bonds is 7. The van der Waals surface area contributed by atoms with Gasteiger partial charge in [0.2, 0.25) is 10.0 Å². The molecular formula is C15H26N4O2S. The molecule has 0 fully saturated rings. The Morgan fingerprint density at radius 2 is 1.82 bits per heavy atom. The molecule has 0 aromatic heterocycles. The number of hydrogen-bond donors (Lipinski definition) is 3. The quantitative estimate of drug-likeness (QED) is 0.517. The lowest BCUT2D eigenvalue weighted by molar-refractivity contribution is 0.446. The van der Waals surface area contributed by atoms with Gasteiger partial charge in [-0.3, -0.25) is 0 Å². The molecule has 0 aliphatic rings. The number of nitrogens with zero attached hydrogens (tertiary/aromatic N) is 1. The van der Waals surface area contributed by atoms with Crippen molar-refractivity contribution < 1.29 is 8.42 Å². The summed E-state index contributed by atoms with van der Waals surface area (Å²) in [6.45, 7) is 7.36. The Kier molecular flexibility index (Phi) is 6.83. The predicted molar refractivity (Wildman–Crippen MR) is 91.3 cm³/mol. The molecule has 3 N–H and O–H groups in total. The molecule has 0 amide bonds. The zero-order valence-corrected chi connectivity index (χ0v) is 14.5. The van der Waals surface area contributed by atoms with Crippen molar-refractivity contribution in [1.82, 2.24) is 15.4 Å². The molecular weight excluding hydrogens is 300 g/mol. The Bertz CT molecular complexity index is 583. The number of sulfonamides is 1. The first kappa shape index (κ1) is 18.4. The van der Waals surface area contributed by atoms with E-state index >= 15 is 0 Å². The molecule has 124 valence electrons. The van der Waals surface area contributed by atoms with Crippen molar-refractivity contribution >= 4 is 16.0 Å². The molecule has 1 aromatic carbocycles. The molecule has 0 saturated heterocycles. The minimum absolute atomic E-state index is 0.431.